The van der Waals surface area contributed by atoms with Gasteiger partial charge in [0.25, 0.3) is 0 Å². The third-order valence-electron chi connectivity index (χ3n) is 6.33. The first-order valence-electron chi connectivity index (χ1n) is 10.9. The van der Waals surface area contributed by atoms with Gasteiger partial charge in [-0.25, -0.2) is 0 Å². The van der Waals surface area contributed by atoms with Crippen LogP contribution in [0, 0.1) is 0 Å². The lowest BCUT2D eigenvalue weighted by molar-refractivity contribution is -0.147. The van der Waals surface area contributed by atoms with Crippen LogP contribution in [0.1, 0.15) is 38.5 Å². The zero-order chi connectivity index (χ0) is 23.4. The highest BCUT2D eigenvalue weighted by molar-refractivity contribution is 6.21. The van der Waals surface area contributed by atoms with Crippen LogP contribution in [0.25, 0.3) is 0 Å². The van der Waals surface area contributed by atoms with Crippen molar-refractivity contribution in [3.05, 3.63) is 0 Å². The summed E-state index contributed by atoms with van der Waals surface area (Å²) in [6, 6.07) is -2.78. The predicted molar refractivity (Wildman–Crippen MR) is 123 cm³/mol. The summed E-state index contributed by atoms with van der Waals surface area (Å²) in [5, 5.41) is 5.19. The van der Waals surface area contributed by atoms with Crippen molar-refractivity contribution in [2.75, 3.05) is 24.8 Å². The number of piperidine rings is 2. The predicted octanol–water partition coefficient (Wildman–Crippen LogP) is 1.42. The molecule has 3 fully saturated rings. The lowest BCUT2D eigenvalue weighted by Gasteiger charge is -2.46. The molecule has 180 valence electrons. The Labute approximate surface area is 207 Å². The smallest absolute Gasteiger partial charge is 0.245 e. The molecule has 0 aromatic carbocycles. The molecule has 2 N–H and O–H groups in total. The van der Waals surface area contributed by atoms with Gasteiger partial charge < -0.3 is 20.4 Å². The minimum absolute atomic E-state index is 0.131. The van der Waals surface area contributed by atoms with Gasteiger partial charge in [-0.3, -0.25) is 19.2 Å². The van der Waals surface area contributed by atoms with E-state index in [9.17, 15) is 19.2 Å². The van der Waals surface area contributed by atoms with Gasteiger partial charge in [-0.05, 0) is 25.7 Å². The van der Waals surface area contributed by atoms with Crippen molar-refractivity contribution in [1.82, 2.24) is 20.4 Å². The van der Waals surface area contributed by atoms with Crippen molar-refractivity contribution in [3.8, 4) is 0 Å². The van der Waals surface area contributed by atoms with Crippen LogP contribution in [-0.2, 0) is 19.2 Å². The summed E-state index contributed by atoms with van der Waals surface area (Å²) in [4.78, 5) is 54.5. The van der Waals surface area contributed by atoms with E-state index in [1.807, 2.05) is 0 Å². The van der Waals surface area contributed by atoms with Gasteiger partial charge >= 0.3 is 0 Å². The molecule has 32 heavy (non-hydrogen) atoms. The minimum Gasteiger partial charge on any atom is -0.341 e. The third-order valence-corrected chi connectivity index (χ3v) is 7.42. The number of piperazine rings is 1. The van der Waals surface area contributed by atoms with Crippen molar-refractivity contribution in [2.24, 2.45) is 0 Å². The van der Waals surface area contributed by atoms with Gasteiger partial charge in [-0.1, -0.05) is 0 Å². The molecule has 0 radical (unpaired) electrons. The molecule has 0 aromatic heterocycles. The summed E-state index contributed by atoms with van der Waals surface area (Å²) in [7, 11) is 0. The van der Waals surface area contributed by atoms with Crippen LogP contribution < -0.4 is 10.6 Å². The Hall–Kier alpha value is -0.960. The van der Waals surface area contributed by atoms with Gasteiger partial charge in [0.15, 0.2) is 0 Å². The number of alkyl halides is 4. The molecule has 6 unspecified atom stereocenters. The molecule has 3 aliphatic rings. The van der Waals surface area contributed by atoms with E-state index in [-0.39, 0.29) is 59.0 Å². The summed E-state index contributed by atoms with van der Waals surface area (Å²) >= 11 is 24.0. The van der Waals surface area contributed by atoms with Gasteiger partial charge in [0.2, 0.25) is 23.6 Å². The maximum Gasteiger partial charge on any atom is 0.245 e. The Morgan fingerprint density at radius 2 is 1.12 bits per heavy atom. The van der Waals surface area contributed by atoms with Crippen molar-refractivity contribution < 1.29 is 19.2 Å². The molecule has 0 spiro atoms. The first-order valence-corrected chi connectivity index (χ1v) is 12.8. The molecule has 0 aromatic rings. The summed E-state index contributed by atoms with van der Waals surface area (Å²) < 4.78 is 0. The molecule has 4 amide bonds. The zero-order valence-corrected chi connectivity index (χ0v) is 20.6. The maximum atomic E-state index is 13.1. The number of hydrogen-bond acceptors (Lipinski definition) is 4. The molecule has 3 saturated heterocycles. The monoisotopic (exact) mass is 528 g/mol. The number of rotatable bonds is 6. The third kappa shape index (κ3) is 5.75. The molecule has 3 rings (SSSR count). The Morgan fingerprint density at radius 3 is 1.47 bits per heavy atom. The topological polar surface area (TPSA) is 98.8 Å². The van der Waals surface area contributed by atoms with E-state index in [1.54, 1.807) is 9.80 Å². The number of likely N-dealkylation sites (tertiary alicyclic amines) is 2. The first kappa shape index (κ1) is 25.7. The number of nitrogens with zero attached hydrogens (tertiary/aromatic N) is 2. The molecule has 8 nitrogen and oxygen atoms in total. The second-order valence-corrected chi connectivity index (χ2v) is 10.4. The highest BCUT2D eigenvalue weighted by Gasteiger charge is 2.47. The standard InChI is InChI=1S/C20H28Cl4N4O4/c21-7-5-15(29)27-9-11(23)1-3-13(27)17-19(31)26-18(20(32)25-17)14-4-2-12(24)10-28(14)16(30)6-8-22/h11-14,17-18H,1-10H2,(H,25,32)(H,26,31). The van der Waals surface area contributed by atoms with E-state index < -0.39 is 24.2 Å². The molecular formula is C20H28Cl4N4O4. The molecule has 6 atom stereocenters. The zero-order valence-electron chi connectivity index (χ0n) is 17.6. The van der Waals surface area contributed by atoms with Crippen LogP contribution in [0.4, 0.5) is 0 Å². The molecule has 3 heterocycles. The summed E-state index contributed by atoms with van der Waals surface area (Å²) in [5.41, 5.74) is 0. The number of halogens is 4. The number of carbonyl (C=O) groups excluding carboxylic acids is 4. The molecular weight excluding hydrogens is 502 g/mol. The number of carbonyl (C=O) groups is 4. The van der Waals surface area contributed by atoms with Crippen LogP contribution in [0.2, 0.25) is 0 Å². The SMILES string of the molecule is O=C1NC(C2CCC(Cl)CN2C(=O)CCCl)C(=O)NC1C1CCC(Cl)CN1C(=O)CCCl. The van der Waals surface area contributed by atoms with Crippen molar-refractivity contribution >= 4 is 70.0 Å². The molecule has 0 bridgehead atoms. The van der Waals surface area contributed by atoms with Gasteiger partial charge in [0.1, 0.15) is 12.1 Å². The van der Waals surface area contributed by atoms with Crippen molar-refractivity contribution in [1.29, 1.82) is 0 Å². The van der Waals surface area contributed by atoms with Gasteiger partial charge in [-0.2, -0.15) is 0 Å². The normalized spacial score (nSPS) is 33.5. The molecule has 12 heteroatoms. The van der Waals surface area contributed by atoms with Gasteiger partial charge in [0.05, 0.1) is 22.8 Å². The summed E-state index contributed by atoms with van der Waals surface area (Å²) in [6.45, 7) is 0.594. The molecule has 0 aliphatic carbocycles. The Kier molecular flexibility index (Phi) is 9.18. The lowest BCUT2D eigenvalue weighted by Crippen LogP contribution is -2.73. The van der Waals surface area contributed by atoms with Gasteiger partial charge in [-0.15, -0.1) is 46.4 Å². The van der Waals surface area contributed by atoms with E-state index in [1.165, 1.54) is 0 Å². The van der Waals surface area contributed by atoms with Crippen LogP contribution in [0.5, 0.6) is 0 Å². The Morgan fingerprint density at radius 1 is 0.750 bits per heavy atom. The number of hydrogen-bond donors (Lipinski definition) is 2. The fourth-order valence-electron chi connectivity index (χ4n) is 4.77. The number of amides is 4. The highest BCUT2D eigenvalue weighted by Crippen LogP contribution is 2.28. The van der Waals surface area contributed by atoms with E-state index in [4.69, 9.17) is 46.4 Å². The van der Waals surface area contributed by atoms with Crippen molar-refractivity contribution in [3.63, 3.8) is 0 Å². The van der Waals surface area contributed by atoms with E-state index in [0.29, 0.717) is 38.8 Å². The highest BCUT2D eigenvalue weighted by atomic mass is 35.5. The summed E-state index contributed by atoms with van der Waals surface area (Å²) in [5.74, 6) is -0.829. The van der Waals surface area contributed by atoms with E-state index >= 15 is 0 Å². The largest absolute Gasteiger partial charge is 0.341 e. The van der Waals surface area contributed by atoms with Crippen LogP contribution >= 0.6 is 46.4 Å². The maximum absolute atomic E-state index is 13.1. The molecule has 3 aliphatic heterocycles. The summed E-state index contributed by atoms with van der Waals surface area (Å²) in [6.07, 6.45) is 2.49. The van der Waals surface area contributed by atoms with E-state index in [0.717, 1.165) is 0 Å². The fourth-order valence-corrected chi connectivity index (χ4v) is 5.64. The van der Waals surface area contributed by atoms with Crippen LogP contribution in [-0.4, -0.2) is 93.2 Å². The second kappa shape index (κ2) is 11.4. The van der Waals surface area contributed by atoms with Crippen LogP contribution in [0.3, 0.4) is 0 Å². The van der Waals surface area contributed by atoms with Gasteiger partial charge in [0, 0.05) is 37.7 Å². The second-order valence-electron chi connectivity index (χ2n) is 8.43. The first-order chi connectivity index (χ1) is 15.3. The quantitative estimate of drug-likeness (QED) is 0.508. The Balaban J connectivity index is 1.75. The fraction of sp³-hybridized carbons (Fsp3) is 0.800. The average Bonchev–Trinajstić information content (AvgIpc) is 2.75. The minimum atomic E-state index is -0.890. The lowest BCUT2D eigenvalue weighted by atomic mass is 9.89. The number of nitrogens with one attached hydrogen (secondary N) is 2. The van der Waals surface area contributed by atoms with Crippen molar-refractivity contribution in [2.45, 2.75) is 73.4 Å². The molecule has 0 saturated carbocycles. The van der Waals surface area contributed by atoms with Crippen LogP contribution in [0.15, 0.2) is 0 Å². The average molecular weight is 530 g/mol. The Bertz CT molecular complexity index is 682. The van der Waals surface area contributed by atoms with E-state index in [2.05, 4.69) is 10.6 Å².